The zero-order chi connectivity index (χ0) is 12.6. The van der Waals surface area contributed by atoms with Crippen molar-refractivity contribution in [3.8, 4) is 0 Å². The van der Waals surface area contributed by atoms with E-state index >= 15 is 0 Å². The minimum atomic E-state index is 0. The molecule has 1 fully saturated rings. The van der Waals surface area contributed by atoms with E-state index in [9.17, 15) is 0 Å². The van der Waals surface area contributed by atoms with Crippen molar-refractivity contribution in [3.63, 3.8) is 0 Å². The van der Waals surface area contributed by atoms with Crippen LogP contribution < -0.4 is 5.73 Å². The molecule has 1 aliphatic heterocycles. The van der Waals surface area contributed by atoms with Crippen LogP contribution in [0.1, 0.15) is 18.4 Å². The molecule has 3 nitrogen and oxygen atoms in total. The summed E-state index contributed by atoms with van der Waals surface area (Å²) >= 11 is 0. The van der Waals surface area contributed by atoms with Crippen LogP contribution in [-0.2, 0) is 11.3 Å². The fraction of sp³-hybridized carbons (Fsp3) is 0.600. The number of halogens is 1. The van der Waals surface area contributed by atoms with Gasteiger partial charge >= 0.3 is 0 Å². The first-order valence-electron chi connectivity index (χ1n) is 6.92. The van der Waals surface area contributed by atoms with Crippen LogP contribution in [0.2, 0.25) is 0 Å². The van der Waals surface area contributed by atoms with Gasteiger partial charge in [-0.05, 0) is 24.3 Å². The molecule has 0 amide bonds. The molecule has 1 aliphatic rings. The Balaban J connectivity index is 0.00000180. The van der Waals surface area contributed by atoms with Crippen molar-refractivity contribution in [2.24, 2.45) is 11.7 Å². The summed E-state index contributed by atoms with van der Waals surface area (Å²) in [6.45, 7) is 5.63. The molecule has 4 heteroatoms. The zero-order valence-corrected chi connectivity index (χ0v) is 12.3. The number of benzene rings is 1. The molecule has 108 valence electrons. The summed E-state index contributed by atoms with van der Waals surface area (Å²) in [7, 11) is 0. The number of nitrogens with zero attached hydrogens (tertiary/aromatic N) is 1. The fourth-order valence-electron chi connectivity index (χ4n) is 2.58. The predicted octanol–water partition coefficient (Wildman–Crippen LogP) is 2.30. The van der Waals surface area contributed by atoms with Gasteiger partial charge in [0, 0.05) is 32.8 Å². The second kappa shape index (κ2) is 9.32. The highest BCUT2D eigenvalue weighted by molar-refractivity contribution is 5.85. The van der Waals surface area contributed by atoms with E-state index in [0.717, 1.165) is 39.4 Å². The smallest absolute Gasteiger partial charge is 0.0506 e. The Morgan fingerprint density at radius 2 is 2.05 bits per heavy atom. The molecule has 2 N–H and O–H groups in total. The Morgan fingerprint density at radius 1 is 1.26 bits per heavy atom. The van der Waals surface area contributed by atoms with Crippen LogP contribution in [0.25, 0.3) is 0 Å². The summed E-state index contributed by atoms with van der Waals surface area (Å²) in [5, 5.41) is 0. The molecule has 1 unspecified atom stereocenters. The Hall–Kier alpha value is -0.610. The predicted molar refractivity (Wildman–Crippen MR) is 81.6 cm³/mol. The van der Waals surface area contributed by atoms with Crippen molar-refractivity contribution in [3.05, 3.63) is 35.9 Å². The SMILES string of the molecule is Cl.NCCN(Cc1ccccc1)CC1CCCOC1. The highest BCUT2D eigenvalue weighted by Crippen LogP contribution is 2.16. The average molecular weight is 285 g/mol. The van der Waals surface area contributed by atoms with Gasteiger partial charge in [-0.1, -0.05) is 30.3 Å². The lowest BCUT2D eigenvalue weighted by atomic mass is 10.0. The first kappa shape index (κ1) is 16.4. The van der Waals surface area contributed by atoms with Crippen LogP contribution in [-0.4, -0.2) is 37.7 Å². The number of rotatable bonds is 6. The van der Waals surface area contributed by atoms with E-state index in [2.05, 4.69) is 35.2 Å². The summed E-state index contributed by atoms with van der Waals surface area (Å²) in [5.41, 5.74) is 7.08. The quantitative estimate of drug-likeness (QED) is 0.871. The van der Waals surface area contributed by atoms with Crippen molar-refractivity contribution in [2.75, 3.05) is 32.8 Å². The van der Waals surface area contributed by atoms with Crippen LogP contribution in [0.4, 0.5) is 0 Å². The largest absolute Gasteiger partial charge is 0.381 e. The Labute approximate surface area is 122 Å². The van der Waals surface area contributed by atoms with Crippen molar-refractivity contribution < 1.29 is 4.74 Å². The normalized spacial score (nSPS) is 19.2. The molecule has 0 aromatic heterocycles. The minimum Gasteiger partial charge on any atom is -0.381 e. The monoisotopic (exact) mass is 284 g/mol. The van der Waals surface area contributed by atoms with Crippen molar-refractivity contribution >= 4 is 12.4 Å². The molecule has 0 spiro atoms. The summed E-state index contributed by atoms with van der Waals surface area (Å²) in [5.74, 6) is 0.675. The third-order valence-electron chi connectivity index (χ3n) is 3.47. The summed E-state index contributed by atoms with van der Waals surface area (Å²) in [4.78, 5) is 2.45. The number of nitrogens with two attached hydrogens (primary N) is 1. The number of hydrogen-bond donors (Lipinski definition) is 1. The van der Waals surface area contributed by atoms with Crippen molar-refractivity contribution in [1.29, 1.82) is 0 Å². The molecule has 1 atom stereocenters. The average Bonchev–Trinajstić information content (AvgIpc) is 2.41. The first-order valence-corrected chi connectivity index (χ1v) is 6.92. The molecule has 1 saturated heterocycles. The van der Waals surface area contributed by atoms with E-state index in [1.165, 1.54) is 18.4 Å². The maximum Gasteiger partial charge on any atom is 0.0506 e. The second-order valence-corrected chi connectivity index (χ2v) is 5.09. The van der Waals surface area contributed by atoms with Gasteiger partial charge in [0.15, 0.2) is 0 Å². The maximum atomic E-state index is 5.72. The van der Waals surface area contributed by atoms with Gasteiger partial charge in [0.25, 0.3) is 0 Å². The van der Waals surface area contributed by atoms with E-state index in [0.29, 0.717) is 5.92 Å². The van der Waals surface area contributed by atoms with Gasteiger partial charge in [-0.2, -0.15) is 0 Å². The third kappa shape index (κ3) is 5.91. The first-order chi connectivity index (χ1) is 8.88. The third-order valence-corrected chi connectivity index (χ3v) is 3.47. The van der Waals surface area contributed by atoms with Gasteiger partial charge in [0.1, 0.15) is 0 Å². The van der Waals surface area contributed by atoms with E-state index in [1.54, 1.807) is 0 Å². The molecule has 1 aromatic carbocycles. The lowest BCUT2D eigenvalue weighted by molar-refractivity contribution is 0.0377. The van der Waals surface area contributed by atoms with Gasteiger partial charge in [0.2, 0.25) is 0 Å². The fourth-order valence-corrected chi connectivity index (χ4v) is 2.58. The van der Waals surface area contributed by atoms with Gasteiger partial charge in [-0.15, -0.1) is 12.4 Å². The van der Waals surface area contributed by atoms with Gasteiger partial charge < -0.3 is 10.5 Å². The van der Waals surface area contributed by atoms with E-state index in [1.807, 2.05) is 0 Å². The topological polar surface area (TPSA) is 38.5 Å². The molecule has 0 bridgehead atoms. The molecular formula is C15H25ClN2O. The molecule has 19 heavy (non-hydrogen) atoms. The van der Waals surface area contributed by atoms with Crippen molar-refractivity contribution in [2.45, 2.75) is 19.4 Å². The number of ether oxygens (including phenoxy) is 1. The lowest BCUT2D eigenvalue weighted by Crippen LogP contribution is -2.36. The highest BCUT2D eigenvalue weighted by Gasteiger charge is 2.17. The molecule has 0 saturated carbocycles. The second-order valence-electron chi connectivity index (χ2n) is 5.09. The number of hydrogen-bond acceptors (Lipinski definition) is 3. The van der Waals surface area contributed by atoms with Crippen LogP contribution in [0.3, 0.4) is 0 Å². The van der Waals surface area contributed by atoms with Crippen LogP contribution >= 0.6 is 12.4 Å². The van der Waals surface area contributed by atoms with Gasteiger partial charge in [0.05, 0.1) is 6.61 Å². The molecule has 0 radical (unpaired) electrons. The Bertz CT molecular complexity index is 328. The molecule has 2 rings (SSSR count). The molecule has 1 aromatic rings. The Morgan fingerprint density at radius 3 is 2.68 bits per heavy atom. The van der Waals surface area contributed by atoms with Gasteiger partial charge in [-0.3, -0.25) is 4.90 Å². The maximum absolute atomic E-state index is 5.72. The molecular weight excluding hydrogens is 260 g/mol. The summed E-state index contributed by atoms with van der Waals surface area (Å²) < 4.78 is 5.55. The lowest BCUT2D eigenvalue weighted by Gasteiger charge is -2.29. The van der Waals surface area contributed by atoms with Crippen LogP contribution in [0.15, 0.2) is 30.3 Å². The molecule has 1 heterocycles. The highest BCUT2D eigenvalue weighted by atomic mass is 35.5. The summed E-state index contributed by atoms with van der Waals surface area (Å²) in [6, 6.07) is 10.6. The minimum absolute atomic E-state index is 0. The van der Waals surface area contributed by atoms with E-state index in [-0.39, 0.29) is 12.4 Å². The summed E-state index contributed by atoms with van der Waals surface area (Å²) in [6.07, 6.45) is 2.49. The van der Waals surface area contributed by atoms with E-state index < -0.39 is 0 Å². The van der Waals surface area contributed by atoms with E-state index in [4.69, 9.17) is 10.5 Å². The Kier molecular flexibility index (Phi) is 8.07. The standard InChI is InChI=1S/C15H24N2O.ClH/c16-8-9-17(11-14-5-2-1-3-6-14)12-15-7-4-10-18-13-15;/h1-3,5-6,15H,4,7-13,16H2;1H. The zero-order valence-electron chi connectivity index (χ0n) is 11.5. The van der Waals surface area contributed by atoms with Crippen molar-refractivity contribution in [1.82, 2.24) is 4.90 Å². The van der Waals surface area contributed by atoms with Crippen LogP contribution in [0, 0.1) is 5.92 Å². The van der Waals surface area contributed by atoms with Gasteiger partial charge in [-0.25, -0.2) is 0 Å². The van der Waals surface area contributed by atoms with Crippen LogP contribution in [0.5, 0.6) is 0 Å². The molecule has 0 aliphatic carbocycles.